The van der Waals surface area contributed by atoms with Crippen LogP contribution in [0, 0.1) is 0 Å². The molecule has 0 bridgehead atoms. The molecule has 2 aliphatic rings. The van der Waals surface area contributed by atoms with Crippen LogP contribution in [-0.4, -0.2) is 52.3 Å². The molecule has 2 N–H and O–H groups in total. The van der Waals surface area contributed by atoms with Crippen LogP contribution < -0.4 is 16.2 Å². The van der Waals surface area contributed by atoms with E-state index in [1.165, 1.54) is 4.68 Å². The SMILES string of the molecule is Cl.NC1(C(=O)N2CCN(c3cnn(-c4ccccc4)c(=O)c3Cl)CC2)CCCC1. The third-order valence-corrected chi connectivity index (χ3v) is 6.09. The van der Waals surface area contributed by atoms with Gasteiger partial charge in [0.15, 0.2) is 0 Å². The zero-order chi connectivity index (χ0) is 19.7. The molecule has 1 amide bonds. The number of amides is 1. The standard InChI is InChI=1S/C20H24ClN5O2.ClH/c21-17-16(14-23-26(18(17)27)15-6-2-1-3-7-15)24-10-12-25(13-11-24)19(28)20(22)8-4-5-9-20;/h1-3,6-7,14H,4-5,8-13,22H2;1H. The van der Waals surface area contributed by atoms with Crippen LogP contribution in [0.1, 0.15) is 25.7 Å². The summed E-state index contributed by atoms with van der Waals surface area (Å²) in [6.45, 7) is 2.32. The number of carbonyl (C=O) groups excluding carboxylic acids is 1. The van der Waals surface area contributed by atoms with Gasteiger partial charge < -0.3 is 15.5 Å². The molecule has 2 fully saturated rings. The second kappa shape index (κ2) is 8.73. The van der Waals surface area contributed by atoms with E-state index >= 15 is 0 Å². The predicted molar refractivity (Wildman–Crippen MR) is 116 cm³/mol. The van der Waals surface area contributed by atoms with Crippen molar-refractivity contribution in [2.75, 3.05) is 31.1 Å². The highest BCUT2D eigenvalue weighted by Gasteiger charge is 2.40. The van der Waals surface area contributed by atoms with Gasteiger partial charge in [0.25, 0.3) is 5.56 Å². The van der Waals surface area contributed by atoms with Gasteiger partial charge in [0, 0.05) is 26.2 Å². The molecule has 156 valence electrons. The molecule has 29 heavy (non-hydrogen) atoms. The Balaban J connectivity index is 0.00000240. The van der Waals surface area contributed by atoms with Crippen molar-refractivity contribution in [1.29, 1.82) is 0 Å². The first-order valence-corrected chi connectivity index (χ1v) is 10.0. The summed E-state index contributed by atoms with van der Waals surface area (Å²) < 4.78 is 1.30. The first kappa shape index (κ1) is 21.6. The molecule has 0 radical (unpaired) electrons. The molecule has 9 heteroatoms. The fraction of sp³-hybridized carbons (Fsp3) is 0.450. The maximum absolute atomic E-state index is 12.8. The Kier molecular flexibility index (Phi) is 6.51. The largest absolute Gasteiger partial charge is 0.365 e. The first-order valence-electron chi connectivity index (χ1n) is 9.66. The van der Waals surface area contributed by atoms with Crippen LogP contribution in [0.3, 0.4) is 0 Å². The number of halogens is 2. The van der Waals surface area contributed by atoms with Crippen molar-refractivity contribution < 1.29 is 4.79 Å². The molecular weight excluding hydrogens is 413 g/mol. The third-order valence-electron chi connectivity index (χ3n) is 5.73. The second-order valence-electron chi connectivity index (χ2n) is 7.54. The van der Waals surface area contributed by atoms with Crippen LogP contribution in [0.25, 0.3) is 5.69 Å². The van der Waals surface area contributed by atoms with Gasteiger partial charge in [0.05, 0.1) is 23.1 Å². The molecule has 0 atom stereocenters. The van der Waals surface area contributed by atoms with Crippen molar-refractivity contribution in [2.45, 2.75) is 31.2 Å². The Hall–Kier alpha value is -2.09. The van der Waals surface area contributed by atoms with Crippen LogP contribution in [-0.2, 0) is 4.79 Å². The molecule has 1 saturated carbocycles. The van der Waals surface area contributed by atoms with Gasteiger partial charge in [-0.1, -0.05) is 42.6 Å². The van der Waals surface area contributed by atoms with Gasteiger partial charge in [-0.05, 0) is 25.0 Å². The van der Waals surface area contributed by atoms with Crippen molar-refractivity contribution >= 4 is 35.6 Å². The number of piperazine rings is 1. The van der Waals surface area contributed by atoms with Crippen molar-refractivity contribution in [3.63, 3.8) is 0 Å². The Morgan fingerprint density at radius 1 is 1.07 bits per heavy atom. The first-order chi connectivity index (χ1) is 13.5. The van der Waals surface area contributed by atoms with E-state index in [1.54, 1.807) is 18.3 Å². The topological polar surface area (TPSA) is 84.5 Å². The van der Waals surface area contributed by atoms with Crippen LogP contribution in [0.2, 0.25) is 5.02 Å². The number of nitrogens with two attached hydrogens (primary N) is 1. The summed E-state index contributed by atoms with van der Waals surface area (Å²) in [4.78, 5) is 29.3. The van der Waals surface area contributed by atoms with Crippen molar-refractivity contribution in [3.05, 3.63) is 51.9 Å². The number of carbonyl (C=O) groups is 1. The fourth-order valence-electron chi connectivity index (χ4n) is 4.08. The lowest BCUT2D eigenvalue weighted by molar-refractivity contribution is -0.137. The van der Waals surface area contributed by atoms with E-state index in [4.69, 9.17) is 17.3 Å². The quantitative estimate of drug-likeness (QED) is 0.795. The number of aromatic nitrogens is 2. The summed E-state index contributed by atoms with van der Waals surface area (Å²) in [7, 11) is 0. The Morgan fingerprint density at radius 2 is 1.69 bits per heavy atom. The average Bonchev–Trinajstić information content (AvgIpc) is 3.18. The lowest BCUT2D eigenvalue weighted by Gasteiger charge is -2.39. The maximum atomic E-state index is 12.8. The Labute approximate surface area is 180 Å². The summed E-state index contributed by atoms with van der Waals surface area (Å²) in [6, 6.07) is 9.18. The van der Waals surface area contributed by atoms with E-state index in [-0.39, 0.29) is 28.9 Å². The number of benzene rings is 1. The Morgan fingerprint density at radius 3 is 2.31 bits per heavy atom. The number of hydrogen-bond donors (Lipinski definition) is 1. The summed E-state index contributed by atoms with van der Waals surface area (Å²) in [5.74, 6) is 0.0494. The van der Waals surface area contributed by atoms with Gasteiger partial charge in [-0.15, -0.1) is 12.4 Å². The lowest BCUT2D eigenvalue weighted by Crippen LogP contribution is -2.58. The van der Waals surface area contributed by atoms with Gasteiger partial charge in [0.2, 0.25) is 5.91 Å². The number of hydrogen-bond acceptors (Lipinski definition) is 5. The second-order valence-corrected chi connectivity index (χ2v) is 7.92. The average molecular weight is 438 g/mol. The minimum Gasteiger partial charge on any atom is -0.365 e. The van der Waals surface area contributed by atoms with Gasteiger partial charge in [-0.25, -0.2) is 0 Å². The minimum atomic E-state index is -0.697. The molecule has 1 aromatic carbocycles. The smallest absolute Gasteiger partial charge is 0.292 e. The molecule has 1 saturated heterocycles. The van der Waals surface area contributed by atoms with E-state index in [9.17, 15) is 9.59 Å². The highest BCUT2D eigenvalue weighted by molar-refractivity contribution is 6.33. The predicted octanol–water partition coefficient (Wildman–Crippen LogP) is 2.23. The molecule has 7 nitrogen and oxygen atoms in total. The summed E-state index contributed by atoms with van der Waals surface area (Å²) in [6.07, 6.45) is 5.18. The van der Waals surface area contributed by atoms with E-state index in [0.717, 1.165) is 25.7 Å². The van der Waals surface area contributed by atoms with E-state index < -0.39 is 5.54 Å². The van der Waals surface area contributed by atoms with Crippen LogP contribution in [0.15, 0.2) is 41.3 Å². The molecule has 4 rings (SSSR count). The number of rotatable bonds is 3. The van der Waals surface area contributed by atoms with Crippen LogP contribution >= 0.6 is 24.0 Å². The van der Waals surface area contributed by atoms with E-state index in [0.29, 0.717) is 37.6 Å². The van der Waals surface area contributed by atoms with E-state index in [1.807, 2.05) is 28.0 Å². The summed E-state index contributed by atoms with van der Waals surface area (Å²) >= 11 is 6.39. The van der Waals surface area contributed by atoms with Crippen LogP contribution in [0.4, 0.5) is 5.69 Å². The Bertz CT molecular complexity index is 920. The van der Waals surface area contributed by atoms with Crippen molar-refractivity contribution in [3.8, 4) is 5.69 Å². The van der Waals surface area contributed by atoms with Gasteiger partial charge in [-0.2, -0.15) is 9.78 Å². The highest BCUT2D eigenvalue weighted by Crippen LogP contribution is 2.30. The minimum absolute atomic E-state index is 0. The molecule has 2 heterocycles. The van der Waals surface area contributed by atoms with E-state index in [2.05, 4.69) is 5.10 Å². The van der Waals surface area contributed by atoms with Gasteiger partial charge in [-0.3, -0.25) is 9.59 Å². The number of nitrogens with zero attached hydrogens (tertiary/aromatic N) is 4. The molecule has 0 unspecified atom stereocenters. The molecule has 1 aliphatic carbocycles. The van der Waals surface area contributed by atoms with Crippen LogP contribution in [0.5, 0.6) is 0 Å². The van der Waals surface area contributed by atoms with Gasteiger partial charge in [0.1, 0.15) is 5.02 Å². The monoisotopic (exact) mass is 437 g/mol. The fourth-order valence-corrected chi connectivity index (χ4v) is 4.33. The summed E-state index contributed by atoms with van der Waals surface area (Å²) in [5.41, 5.74) is 6.54. The highest BCUT2D eigenvalue weighted by atomic mass is 35.5. The van der Waals surface area contributed by atoms with Crippen molar-refractivity contribution in [2.24, 2.45) is 5.73 Å². The number of para-hydroxylation sites is 1. The third kappa shape index (κ3) is 4.13. The molecule has 1 aliphatic heterocycles. The van der Waals surface area contributed by atoms with Gasteiger partial charge >= 0.3 is 0 Å². The number of anilines is 1. The molecule has 2 aromatic rings. The lowest BCUT2D eigenvalue weighted by atomic mass is 9.97. The molecular formula is C20H25Cl2N5O2. The summed E-state index contributed by atoms with van der Waals surface area (Å²) in [5, 5.41) is 4.43. The maximum Gasteiger partial charge on any atom is 0.292 e. The zero-order valence-corrected chi connectivity index (χ0v) is 17.7. The van der Waals surface area contributed by atoms with Crippen molar-refractivity contribution in [1.82, 2.24) is 14.7 Å². The zero-order valence-electron chi connectivity index (χ0n) is 16.1. The normalized spacial score (nSPS) is 18.4. The molecule has 1 aromatic heterocycles. The molecule has 0 spiro atoms.